The second-order valence-corrected chi connectivity index (χ2v) is 1.81. The molecular weight excluding hydrogens is 112 g/mol. The van der Waals surface area contributed by atoms with E-state index in [1.807, 2.05) is 6.92 Å². The van der Waals surface area contributed by atoms with Gasteiger partial charge in [-0.05, 0) is 13.3 Å². The lowest BCUT2D eigenvalue weighted by molar-refractivity contribution is 0.151. The third-order valence-corrected chi connectivity index (χ3v) is 1.06. The number of hydrogen-bond acceptors (Lipinski definition) is 1. The van der Waals surface area contributed by atoms with E-state index in [2.05, 4.69) is 13.2 Å². The van der Waals surface area contributed by atoms with Crippen LogP contribution in [0.25, 0.3) is 0 Å². The maximum atomic E-state index is 5.10. The molecule has 0 rings (SSSR count). The van der Waals surface area contributed by atoms with Crippen molar-refractivity contribution >= 4 is 0 Å². The Morgan fingerprint density at radius 3 is 2.78 bits per heavy atom. The number of allylic oxidation sites excluding steroid dienone is 1. The van der Waals surface area contributed by atoms with Gasteiger partial charge in [-0.15, -0.1) is 0 Å². The van der Waals surface area contributed by atoms with Crippen molar-refractivity contribution in [2.45, 2.75) is 13.3 Å². The molecular formula is C8H14O. The first-order valence-corrected chi connectivity index (χ1v) is 3.19. The molecule has 0 atom stereocenters. The van der Waals surface area contributed by atoms with Crippen molar-refractivity contribution in [1.29, 1.82) is 0 Å². The molecule has 0 fully saturated rings. The Balaban J connectivity index is 3.07. The molecule has 0 bridgehead atoms. The lowest BCUT2D eigenvalue weighted by Crippen LogP contribution is -1.92. The van der Waals surface area contributed by atoms with E-state index in [-0.39, 0.29) is 0 Å². The quantitative estimate of drug-likeness (QED) is 0.405. The van der Waals surface area contributed by atoms with Crippen LogP contribution in [0.5, 0.6) is 0 Å². The van der Waals surface area contributed by atoms with Crippen LogP contribution in [0.4, 0.5) is 0 Å². The summed E-state index contributed by atoms with van der Waals surface area (Å²) in [5.41, 5.74) is 1.04. The summed E-state index contributed by atoms with van der Waals surface area (Å²) in [5.74, 6) is 0. The van der Waals surface area contributed by atoms with Gasteiger partial charge in [-0.1, -0.05) is 24.8 Å². The molecule has 0 saturated carbocycles. The summed E-state index contributed by atoms with van der Waals surface area (Å²) in [5, 5.41) is 0. The molecule has 0 aromatic rings. The predicted molar refractivity (Wildman–Crippen MR) is 40.4 cm³/mol. The monoisotopic (exact) mass is 126 g/mol. The minimum Gasteiger partial charge on any atom is -0.381 e. The highest BCUT2D eigenvalue weighted by molar-refractivity contribution is 5.10. The van der Waals surface area contributed by atoms with Gasteiger partial charge < -0.3 is 4.74 Å². The molecule has 0 aliphatic carbocycles. The van der Waals surface area contributed by atoms with E-state index in [0.29, 0.717) is 0 Å². The van der Waals surface area contributed by atoms with Gasteiger partial charge in [-0.25, -0.2) is 0 Å². The van der Waals surface area contributed by atoms with Crippen LogP contribution < -0.4 is 0 Å². The maximum Gasteiger partial charge on any atom is 0.0506 e. The molecule has 0 amide bonds. The van der Waals surface area contributed by atoms with Gasteiger partial charge in [-0.2, -0.15) is 0 Å². The molecule has 1 nitrogen and oxygen atoms in total. The van der Waals surface area contributed by atoms with E-state index in [0.717, 1.165) is 25.2 Å². The number of hydrogen-bond donors (Lipinski definition) is 0. The van der Waals surface area contributed by atoms with Crippen molar-refractivity contribution in [2.75, 3.05) is 13.2 Å². The molecule has 0 aliphatic rings. The van der Waals surface area contributed by atoms with E-state index in [1.54, 1.807) is 6.08 Å². The topological polar surface area (TPSA) is 9.23 Å². The summed E-state index contributed by atoms with van der Waals surface area (Å²) in [6.45, 7) is 10.9. The summed E-state index contributed by atoms with van der Waals surface area (Å²) in [6.07, 6.45) is 2.66. The molecule has 0 radical (unpaired) electrons. The SMILES string of the molecule is C=CC(=C)CCOCC. The molecule has 0 aliphatic heterocycles. The van der Waals surface area contributed by atoms with Gasteiger partial charge in [0.15, 0.2) is 0 Å². The fourth-order valence-electron chi connectivity index (χ4n) is 0.450. The highest BCUT2D eigenvalue weighted by atomic mass is 16.5. The van der Waals surface area contributed by atoms with Crippen molar-refractivity contribution in [1.82, 2.24) is 0 Å². The highest BCUT2D eigenvalue weighted by Gasteiger charge is 1.86. The van der Waals surface area contributed by atoms with Crippen LogP contribution in [-0.2, 0) is 4.74 Å². The molecule has 0 unspecified atom stereocenters. The largest absolute Gasteiger partial charge is 0.381 e. The first-order chi connectivity index (χ1) is 4.31. The summed E-state index contributed by atoms with van der Waals surface area (Å²) in [6, 6.07) is 0. The lowest BCUT2D eigenvalue weighted by Gasteiger charge is -1.98. The van der Waals surface area contributed by atoms with Crippen LogP contribution in [-0.4, -0.2) is 13.2 Å². The summed E-state index contributed by atoms with van der Waals surface area (Å²) >= 11 is 0. The standard InChI is InChI=1S/C8H14O/c1-4-8(3)6-7-9-5-2/h4H,1,3,5-7H2,2H3. The smallest absolute Gasteiger partial charge is 0.0506 e. The van der Waals surface area contributed by atoms with Gasteiger partial charge in [0.05, 0.1) is 6.61 Å². The van der Waals surface area contributed by atoms with Gasteiger partial charge >= 0.3 is 0 Å². The third-order valence-electron chi connectivity index (χ3n) is 1.06. The number of rotatable bonds is 5. The van der Waals surface area contributed by atoms with Crippen LogP contribution >= 0.6 is 0 Å². The lowest BCUT2D eigenvalue weighted by atomic mass is 10.2. The van der Waals surface area contributed by atoms with Crippen LogP contribution in [0.1, 0.15) is 13.3 Å². The fourth-order valence-corrected chi connectivity index (χ4v) is 0.450. The van der Waals surface area contributed by atoms with Crippen LogP contribution in [0.3, 0.4) is 0 Å². The van der Waals surface area contributed by atoms with Crippen molar-refractivity contribution in [2.24, 2.45) is 0 Å². The van der Waals surface area contributed by atoms with Crippen molar-refractivity contribution in [3.05, 3.63) is 24.8 Å². The zero-order chi connectivity index (χ0) is 7.11. The minimum atomic E-state index is 0.765. The van der Waals surface area contributed by atoms with Gasteiger partial charge in [-0.3, -0.25) is 0 Å². The third kappa shape index (κ3) is 5.31. The van der Waals surface area contributed by atoms with E-state index < -0.39 is 0 Å². The average molecular weight is 126 g/mol. The van der Waals surface area contributed by atoms with E-state index in [4.69, 9.17) is 4.74 Å². The Kier molecular flexibility index (Phi) is 5.23. The fraction of sp³-hybridized carbons (Fsp3) is 0.500. The maximum absolute atomic E-state index is 5.10. The Hall–Kier alpha value is -0.560. The van der Waals surface area contributed by atoms with Crippen molar-refractivity contribution in [3.8, 4) is 0 Å². The average Bonchev–Trinajstić information content (AvgIpc) is 1.89. The Bertz CT molecular complexity index is 94.7. The van der Waals surface area contributed by atoms with E-state index in [9.17, 15) is 0 Å². The normalized spacial score (nSPS) is 9.00. The second kappa shape index (κ2) is 5.57. The van der Waals surface area contributed by atoms with Crippen LogP contribution in [0.15, 0.2) is 24.8 Å². The van der Waals surface area contributed by atoms with Crippen molar-refractivity contribution < 1.29 is 4.74 Å². The van der Waals surface area contributed by atoms with E-state index >= 15 is 0 Å². The molecule has 1 heteroatoms. The summed E-state index contributed by atoms with van der Waals surface area (Å²) < 4.78 is 5.10. The summed E-state index contributed by atoms with van der Waals surface area (Å²) in [4.78, 5) is 0. The molecule has 0 aromatic heterocycles. The minimum absolute atomic E-state index is 0.765. The van der Waals surface area contributed by atoms with Gasteiger partial charge in [0, 0.05) is 6.61 Å². The molecule has 52 valence electrons. The van der Waals surface area contributed by atoms with E-state index in [1.165, 1.54) is 0 Å². The first-order valence-electron chi connectivity index (χ1n) is 3.19. The Morgan fingerprint density at radius 1 is 1.67 bits per heavy atom. The second-order valence-electron chi connectivity index (χ2n) is 1.81. The van der Waals surface area contributed by atoms with Crippen molar-refractivity contribution in [3.63, 3.8) is 0 Å². The van der Waals surface area contributed by atoms with Crippen LogP contribution in [0, 0.1) is 0 Å². The molecule has 0 spiro atoms. The molecule has 0 N–H and O–H groups in total. The molecule has 9 heavy (non-hydrogen) atoms. The Morgan fingerprint density at radius 2 is 2.33 bits per heavy atom. The molecule has 0 heterocycles. The zero-order valence-corrected chi connectivity index (χ0v) is 6.02. The predicted octanol–water partition coefficient (Wildman–Crippen LogP) is 2.16. The highest BCUT2D eigenvalue weighted by Crippen LogP contribution is 1.97. The molecule has 0 saturated heterocycles. The number of ether oxygens (including phenoxy) is 1. The van der Waals surface area contributed by atoms with Gasteiger partial charge in [0.1, 0.15) is 0 Å². The Labute approximate surface area is 57.0 Å². The van der Waals surface area contributed by atoms with Gasteiger partial charge in [0.25, 0.3) is 0 Å². The first kappa shape index (κ1) is 8.44. The molecule has 0 aromatic carbocycles. The van der Waals surface area contributed by atoms with Gasteiger partial charge in [0.2, 0.25) is 0 Å². The summed E-state index contributed by atoms with van der Waals surface area (Å²) in [7, 11) is 0. The zero-order valence-electron chi connectivity index (χ0n) is 6.02. The van der Waals surface area contributed by atoms with Crippen LogP contribution in [0.2, 0.25) is 0 Å².